The lowest BCUT2D eigenvalue weighted by Crippen LogP contribution is -2.44. The molecule has 0 unspecified atom stereocenters. The van der Waals surface area contributed by atoms with Crippen molar-refractivity contribution in [1.82, 2.24) is 10.3 Å². The summed E-state index contributed by atoms with van der Waals surface area (Å²) in [7, 11) is 0. The molecule has 1 saturated carbocycles. The first kappa shape index (κ1) is 14.5. The van der Waals surface area contributed by atoms with Crippen molar-refractivity contribution in [3.05, 3.63) is 29.1 Å². The third-order valence-corrected chi connectivity index (χ3v) is 3.80. The van der Waals surface area contributed by atoms with Crippen LogP contribution in [0.15, 0.2) is 12.1 Å². The van der Waals surface area contributed by atoms with E-state index in [0.29, 0.717) is 11.3 Å². The van der Waals surface area contributed by atoms with Crippen LogP contribution in [0.4, 0.5) is 0 Å². The highest BCUT2D eigenvalue weighted by Crippen LogP contribution is 2.27. The molecule has 1 amide bonds. The summed E-state index contributed by atoms with van der Waals surface area (Å²) in [6, 6.07) is 5.14. The molecule has 1 heterocycles. The quantitative estimate of drug-likeness (QED) is 0.877. The number of nitrogens with zero attached hydrogens (tertiary/aromatic N) is 2. The molecule has 1 aliphatic rings. The van der Waals surface area contributed by atoms with E-state index in [9.17, 15) is 9.90 Å². The zero-order chi connectivity index (χ0) is 14.6. The lowest BCUT2D eigenvalue weighted by atomic mass is 9.85. The Labute approximate surface area is 118 Å². The summed E-state index contributed by atoms with van der Waals surface area (Å²) in [6.45, 7) is 1.95. The average Bonchev–Trinajstić information content (AvgIpc) is 2.45. The smallest absolute Gasteiger partial charge is 0.269 e. The van der Waals surface area contributed by atoms with E-state index in [1.165, 1.54) is 6.07 Å². The third kappa shape index (κ3) is 3.34. The Morgan fingerprint density at radius 2 is 2.15 bits per heavy atom. The van der Waals surface area contributed by atoms with Gasteiger partial charge in [-0.05, 0) is 31.9 Å². The molecule has 5 heteroatoms. The van der Waals surface area contributed by atoms with Crippen molar-refractivity contribution in [3.63, 3.8) is 0 Å². The highest BCUT2D eigenvalue weighted by molar-refractivity contribution is 5.92. The van der Waals surface area contributed by atoms with Crippen LogP contribution in [-0.2, 0) is 0 Å². The molecule has 2 rings (SSSR count). The van der Waals surface area contributed by atoms with E-state index in [-0.39, 0.29) is 18.1 Å². The number of hydrogen-bond acceptors (Lipinski definition) is 4. The maximum Gasteiger partial charge on any atom is 0.269 e. The summed E-state index contributed by atoms with van der Waals surface area (Å²) in [5.41, 5.74) is 0.500. The Bertz CT molecular complexity index is 543. The van der Waals surface area contributed by atoms with Gasteiger partial charge in [0.05, 0.1) is 16.9 Å². The molecule has 2 N–H and O–H groups in total. The van der Waals surface area contributed by atoms with E-state index in [2.05, 4.69) is 10.3 Å². The first-order valence-corrected chi connectivity index (χ1v) is 6.92. The van der Waals surface area contributed by atoms with Crippen molar-refractivity contribution < 1.29 is 9.90 Å². The molecule has 0 aromatic carbocycles. The number of amides is 1. The predicted molar refractivity (Wildman–Crippen MR) is 74.1 cm³/mol. The number of aromatic nitrogens is 1. The Hall–Kier alpha value is -1.93. The first-order chi connectivity index (χ1) is 9.54. The van der Waals surface area contributed by atoms with Gasteiger partial charge in [-0.3, -0.25) is 4.79 Å². The SMILES string of the molecule is Cc1nc(C(=O)NCC2(O)CCCCC2)ccc1C#N. The summed E-state index contributed by atoms with van der Waals surface area (Å²) >= 11 is 0. The van der Waals surface area contributed by atoms with Gasteiger partial charge in [0, 0.05) is 6.54 Å². The predicted octanol–water partition coefficient (Wildman–Crippen LogP) is 1.69. The summed E-state index contributed by atoms with van der Waals surface area (Å²) in [5, 5.41) is 21.9. The third-order valence-electron chi connectivity index (χ3n) is 3.80. The molecule has 0 spiro atoms. The van der Waals surface area contributed by atoms with Crippen molar-refractivity contribution in [1.29, 1.82) is 5.26 Å². The fourth-order valence-corrected chi connectivity index (χ4v) is 2.53. The van der Waals surface area contributed by atoms with Crippen LogP contribution >= 0.6 is 0 Å². The van der Waals surface area contributed by atoms with Gasteiger partial charge in [0.2, 0.25) is 0 Å². The van der Waals surface area contributed by atoms with E-state index in [4.69, 9.17) is 5.26 Å². The number of rotatable bonds is 3. The summed E-state index contributed by atoms with van der Waals surface area (Å²) < 4.78 is 0. The molecule has 20 heavy (non-hydrogen) atoms. The number of carbonyl (C=O) groups is 1. The molecule has 0 aliphatic heterocycles. The summed E-state index contributed by atoms with van der Waals surface area (Å²) in [5.74, 6) is -0.309. The molecular weight excluding hydrogens is 254 g/mol. The maximum absolute atomic E-state index is 12.0. The molecule has 0 saturated heterocycles. The van der Waals surface area contributed by atoms with Crippen LogP contribution in [0.2, 0.25) is 0 Å². The Morgan fingerprint density at radius 3 is 2.75 bits per heavy atom. The van der Waals surface area contributed by atoms with Crippen LogP contribution in [0.25, 0.3) is 0 Å². The van der Waals surface area contributed by atoms with Crippen LogP contribution in [0, 0.1) is 18.3 Å². The normalized spacial score (nSPS) is 17.2. The number of pyridine rings is 1. The number of aryl methyl sites for hydroxylation is 1. The monoisotopic (exact) mass is 273 g/mol. The highest BCUT2D eigenvalue weighted by atomic mass is 16.3. The van der Waals surface area contributed by atoms with Crippen molar-refractivity contribution >= 4 is 5.91 Å². The van der Waals surface area contributed by atoms with E-state index in [1.54, 1.807) is 13.0 Å². The molecule has 1 aliphatic carbocycles. The van der Waals surface area contributed by atoms with Gasteiger partial charge in [-0.25, -0.2) is 4.98 Å². The van der Waals surface area contributed by atoms with E-state index in [1.807, 2.05) is 6.07 Å². The van der Waals surface area contributed by atoms with Crippen LogP contribution in [0.1, 0.15) is 53.8 Å². The first-order valence-electron chi connectivity index (χ1n) is 6.92. The standard InChI is InChI=1S/C15H19N3O2/c1-11-12(9-16)5-6-13(18-11)14(19)17-10-15(20)7-3-2-4-8-15/h5-6,20H,2-4,7-8,10H2,1H3,(H,17,19). The Balaban J connectivity index is 1.98. The Kier molecular flexibility index (Phi) is 4.35. The maximum atomic E-state index is 12.0. The topological polar surface area (TPSA) is 86.0 Å². The van der Waals surface area contributed by atoms with Crippen LogP contribution < -0.4 is 5.32 Å². The lowest BCUT2D eigenvalue weighted by molar-refractivity contribution is 0.00521. The molecule has 0 bridgehead atoms. The average molecular weight is 273 g/mol. The number of aliphatic hydroxyl groups is 1. The van der Waals surface area contributed by atoms with Gasteiger partial charge in [0.1, 0.15) is 11.8 Å². The van der Waals surface area contributed by atoms with Gasteiger partial charge in [-0.1, -0.05) is 19.3 Å². The molecule has 0 atom stereocenters. The number of nitrogens with one attached hydrogen (secondary N) is 1. The second-order valence-corrected chi connectivity index (χ2v) is 5.41. The van der Waals surface area contributed by atoms with Gasteiger partial charge in [0.15, 0.2) is 0 Å². The van der Waals surface area contributed by atoms with Gasteiger partial charge < -0.3 is 10.4 Å². The zero-order valence-electron chi connectivity index (χ0n) is 11.6. The molecule has 1 aromatic heterocycles. The van der Waals surface area contributed by atoms with E-state index in [0.717, 1.165) is 32.1 Å². The van der Waals surface area contributed by atoms with Crippen LogP contribution in [0.5, 0.6) is 0 Å². The molecule has 1 aromatic rings. The van der Waals surface area contributed by atoms with E-state index >= 15 is 0 Å². The molecule has 5 nitrogen and oxygen atoms in total. The van der Waals surface area contributed by atoms with Crippen LogP contribution in [-0.4, -0.2) is 28.1 Å². The molecule has 0 radical (unpaired) electrons. The van der Waals surface area contributed by atoms with Crippen LogP contribution in [0.3, 0.4) is 0 Å². The minimum Gasteiger partial charge on any atom is -0.388 e. The fourth-order valence-electron chi connectivity index (χ4n) is 2.53. The molecular formula is C15H19N3O2. The lowest BCUT2D eigenvalue weighted by Gasteiger charge is -2.32. The highest BCUT2D eigenvalue weighted by Gasteiger charge is 2.29. The second kappa shape index (κ2) is 6.02. The van der Waals surface area contributed by atoms with Gasteiger partial charge >= 0.3 is 0 Å². The van der Waals surface area contributed by atoms with Crippen molar-refractivity contribution in [2.45, 2.75) is 44.6 Å². The molecule has 106 valence electrons. The van der Waals surface area contributed by atoms with Gasteiger partial charge in [-0.2, -0.15) is 5.26 Å². The van der Waals surface area contributed by atoms with Crippen molar-refractivity contribution in [2.24, 2.45) is 0 Å². The minimum absolute atomic E-state index is 0.257. The number of hydrogen-bond donors (Lipinski definition) is 2. The minimum atomic E-state index is -0.782. The number of carbonyl (C=O) groups excluding carboxylic acids is 1. The van der Waals surface area contributed by atoms with E-state index < -0.39 is 5.60 Å². The summed E-state index contributed by atoms with van der Waals surface area (Å²) in [6.07, 6.45) is 4.61. The van der Waals surface area contributed by atoms with Crippen molar-refractivity contribution in [3.8, 4) is 6.07 Å². The zero-order valence-corrected chi connectivity index (χ0v) is 11.6. The largest absolute Gasteiger partial charge is 0.388 e. The number of nitriles is 1. The summed E-state index contributed by atoms with van der Waals surface area (Å²) in [4.78, 5) is 16.1. The van der Waals surface area contributed by atoms with Gasteiger partial charge in [0.25, 0.3) is 5.91 Å². The van der Waals surface area contributed by atoms with Gasteiger partial charge in [-0.15, -0.1) is 0 Å². The fraction of sp³-hybridized carbons (Fsp3) is 0.533. The van der Waals surface area contributed by atoms with Crippen molar-refractivity contribution in [2.75, 3.05) is 6.54 Å². The second-order valence-electron chi connectivity index (χ2n) is 5.41. The molecule has 1 fully saturated rings. The Morgan fingerprint density at radius 1 is 1.45 bits per heavy atom.